The first-order chi connectivity index (χ1) is 11.9. The van der Waals surface area contributed by atoms with E-state index in [2.05, 4.69) is 5.32 Å². The summed E-state index contributed by atoms with van der Waals surface area (Å²) >= 11 is 1.31. The molecule has 7 heteroatoms. The number of hydrogen-bond donors (Lipinski definition) is 1. The third-order valence-electron chi connectivity index (χ3n) is 4.35. The molecule has 0 saturated heterocycles. The second kappa shape index (κ2) is 8.29. The van der Waals surface area contributed by atoms with Gasteiger partial charge in [-0.1, -0.05) is 19.1 Å². The number of carbonyl (C=O) groups is 3. The van der Waals surface area contributed by atoms with Crippen LogP contribution in [0.5, 0.6) is 0 Å². The summed E-state index contributed by atoms with van der Waals surface area (Å²) in [7, 11) is 0. The molecule has 6 nitrogen and oxygen atoms in total. The maximum atomic E-state index is 12.6. The number of thiophene rings is 1. The topological polar surface area (TPSA) is 95.5 Å². The Morgan fingerprint density at radius 3 is 2.44 bits per heavy atom. The van der Waals surface area contributed by atoms with Crippen LogP contribution in [0.25, 0.3) is 0 Å². The Morgan fingerprint density at radius 2 is 1.88 bits per heavy atom. The Balaban J connectivity index is 2.30. The molecular formula is C18H22NO5S-. The minimum atomic E-state index is -1.23. The van der Waals surface area contributed by atoms with Gasteiger partial charge in [-0.05, 0) is 38.7 Å². The van der Waals surface area contributed by atoms with Gasteiger partial charge in [0.1, 0.15) is 5.00 Å². The predicted molar refractivity (Wildman–Crippen MR) is 93.4 cm³/mol. The van der Waals surface area contributed by atoms with Gasteiger partial charge in [0.2, 0.25) is 5.91 Å². The van der Waals surface area contributed by atoms with Crippen LogP contribution in [0.3, 0.4) is 0 Å². The smallest absolute Gasteiger partial charge is 0.341 e. The lowest BCUT2D eigenvalue weighted by atomic mass is 9.82. The molecule has 1 aromatic rings. The van der Waals surface area contributed by atoms with E-state index in [0.717, 1.165) is 10.4 Å². The maximum absolute atomic E-state index is 12.6. The molecule has 0 aliphatic heterocycles. The summed E-state index contributed by atoms with van der Waals surface area (Å²) < 4.78 is 5.11. The van der Waals surface area contributed by atoms with Gasteiger partial charge in [-0.3, -0.25) is 4.79 Å². The predicted octanol–water partition coefficient (Wildman–Crippen LogP) is 2.07. The fourth-order valence-corrected chi connectivity index (χ4v) is 4.22. The summed E-state index contributed by atoms with van der Waals surface area (Å²) in [5.41, 5.74) is 1.22. The molecule has 1 amide bonds. The third-order valence-corrected chi connectivity index (χ3v) is 5.41. The van der Waals surface area contributed by atoms with Crippen molar-refractivity contribution in [1.29, 1.82) is 0 Å². The molecule has 0 radical (unpaired) electrons. The number of nitrogens with one attached hydrogen (secondary N) is 1. The van der Waals surface area contributed by atoms with Gasteiger partial charge in [-0.25, -0.2) is 4.79 Å². The average molecular weight is 364 g/mol. The maximum Gasteiger partial charge on any atom is 0.341 e. The van der Waals surface area contributed by atoms with Gasteiger partial charge < -0.3 is 20.0 Å². The molecule has 1 N–H and O–H groups in total. The summed E-state index contributed by atoms with van der Waals surface area (Å²) in [6.45, 7) is 5.78. The minimum Gasteiger partial charge on any atom is -0.550 e. The summed E-state index contributed by atoms with van der Waals surface area (Å²) in [6, 6.07) is 0. The van der Waals surface area contributed by atoms with Gasteiger partial charge >= 0.3 is 5.97 Å². The van der Waals surface area contributed by atoms with Gasteiger partial charge in [0, 0.05) is 16.8 Å². The average Bonchev–Trinajstić information content (AvgIpc) is 2.90. The number of amides is 1. The molecule has 2 rings (SSSR count). The number of allylic oxidation sites excluding steroid dienone is 2. The molecule has 1 heterocycles. The molecule has 0 saturated carbocycles. The first kappa shape index (κ1) is 19.2. The second-order valence-electron chi connectivity index (χ2n) is 5.88. The Kier molecular flexibility index (Phi) is 6.36. The van der Waals surface area contributed by atoms with E-state index in [4.69, 9.17) is 4.74 Å². The number of hydrogen-bond acceptors (Lipinski definition) is 6. The number of carbonyl (C=O) groups excluding carboxylic acids is 3. The van der Waals surface area contributed by atoms with Crippen molar-refractivity contribution in [1.82, 2.24) is 0 Å². The molecule has 1 aromatic heterocycles. The highest BCUT2D eigenvalue weighted by atomic mass is 32.1. The van der Waals surface area contributed by atoms with Crippen molar-refractivity contribution in [3.8, 4) is 0 Å². The molecule has 0 bridgehead atoms. The number of anilines is 1. The van der Waals surface area contributed by atoms with Gasteiger partial charge in [-0.15, -0.1) is 11.3 Å². The van der Waals surface area contributed by atoms with Gasteiger partial charge in [-0.2, -0.15) is 0 Å². The number of esters is 1. The normalized spacial score (nSPS) is 19.5. The molecule has 0 aromatic carbocycles. The molecule has 1 aliphatic rings. The summed E-state index contributed by atoms with van der Waals surface area (Å²) in [5.74, 6) is -3.68. The second-order valence-corrected chi connectivity index (χ2v) is 7.10. The minimum absolute atomic E-state index is 0.241. The Labute approximate surface area is 150 Å². The molecule has 2 atom stereocenters. The largest absolute Gasteiger partial charge is 0.550 e. The fourth-order valence-electron chi connectivity index (χ4n) is 3.08. The number of aryl methyl sites for hydroxylation is 1. The van der Waals surface area contributed by atoms with E-state index in [1.165, 1.54) is 11.3 Å². The van der Waals surface area contributed by atoms with E-state index in [0.29, 0.717) is 23.4 Å². The molecular weight excluding hydrogens is 342 g/mol. The van der Waals surface area contributed by atoms with Crippen molar-refractivity contribution in [2.75, 3.05) is 11.9 Å². The lowest BCUT2D eigenvalue weighted by Gasteiger charge is -2.28. The van der Waals surface area contributed by atoms with Crippen molar-refractivity contribution in [3.63, 3.8) is 0 Å². The summed E-state index contributed by atoms with van der Waals surface area (Å²) in [4.78, 5) is 37.2. The molecule has 136 valence electrons. The van der Waals surface area contributed by atoms with Crippen LogP contribution in [-0.2, 0) is 20.7 Å². The van der Waals surface area contributed by atoms with Crippen LogP contribution in [0.2, 0.25) is 0 Å². The molecule has 25 heavy (non-hydrogen) atoms. The molecule has 0 spiro atoms. The van der Waals surface area contributed by atoms with E-state index in [9.17, 15) is 19.5 Å². The zero-order valence-electron chi connectivity index (χ0n) is 14.6. The number of rotatable bonds is 6. The zero-order valence-corrected chi connectivity index (χ0v) is 15.4. The van der Waals surface area contributed by atoms with E-state index >= 15 is 0 Å². The number of ether oxygens (including phenoxy) is 1. The van der Waals surface area contributed by atoms with Gasteiger partial charge in [0.25, 0.3) is 0 Å². The van der Waals surface area contributed by atoms with Crippen molar-refractivity contribution in [3.05, 3.63) is 28.2 Å². The molecule has 0 fully saturated rings. The lowest BCUT2D eigenvalue weighted by molar-refractivity contribution is -0.313. The van der Waals surface area contributed by atoms with Crippen molar-refractivity contribution < 1.29 is 24.2 Å². The van der Waals surface area contributed by atoms with Crippen LogP contribution < -0.4 is 10.4 Å². The van der Waals surface area contributed by atoms with Crippen LogP contribution in [0.1, 0.15) is 47.5 Å². The van der Waals surface area contributed by atoms with Crippen LogP contribution in [-0.4, -0.2) is 24.5 Å². The van der Waals surface area contributed by atoms with E-state index in [-0.39, 0.29) is 13.0 Å². The fraction of sp³-hybridized carbons (Fsp3) is 0.500. The summed E-state index contributed by atoms with van der Waals surface area (Å²) in [5, 5.41) is 14.5. The first-order valence-electron chi connectivity index (χ1n) is 8.36. The van der Waals surface area contributed by atoms with Crippen molar-refractivity contribution >= 4 is 34.2 Å². The summed E-state index contributed by atoms with van der Waals surface area (Å²) in [6.07, 6.45) is 4.80. The SMILES string of the molecule is CCOC(=O)c1c(NC(=O)[C@@H]2CC=CC[C@@H]2C(=O)[O-])sc(C)c1CC. The highest BCUT2D eigenvalue weighted by molar-refractivity contribution is 7.16. The number of aliphatic carboxylic acids is 1. The van der Waals surface area contributed by atoms with Crippen LogP contribution in [0.15, 0.2) is 12.2 Å². The van der Waals surface area contributed by atoms with Gasteiger partial charge in [0.15, 0.2) is 0 Å². The van der Waals surface area contributed by atoms with Crippen LogP contribution in [0, 0.1) is 18.8 Å². The van der Waals surface area contributed by atoms with E-state index in [1.54, 1.807) is 19.1 Å². The zero-order chi connectivity index (χ0) is 18.6. The lowest BCUT2D eigenvalue weighted by Crippen LogP contribution is -2.41. The standard InChI is InChI=1S/C18H23NO5S/c1-4-11-10(3)25-16(14(11)18(23)24-5-2)19-15(20)12-8-6-7-9-13(12)17(21)22/h6-7,12-13H,4-5,8-9H2,1-3H3,(H,19,20)(H,21,22)/p-1/t12-,13+/m1/s1. The van der Waals surface area contributed by atoms with Crippen molar-refractivity contribution in [2.24, 2.45) is 11.8 Å². The van der Waals surface area contributed by atoms with Gasteiger partial charge in [0.05, 0.1) is 18.1 Å². The Bertz CT molecular complexity index is 707. The van der Waals surface area contributed by atoms with Crippen molar-refractivity contribution in [2.45, 2.75) is 40.0 Å². The quantitative estimate of drug-likeness (QED) is 0.616. The first-order valence-corrected chi connectivity index (χ1v) is 9.18. The Morgan fingerprint density at radius 1 is 1.24 bits per heavy atom. The molecule has 0 unspecified atom stereocenters. The molecule has 1 aliphatic carbocycles. The van der Waals surface area contributed by atoms with E-state index in [1.807, 2.05) is 13.8 Å². The van der Waals surface area contributed by atoms with E-state index < -0.39 is 29.7 Å². The Hall–Kier alpha value is -2.15. The third kappa shape index (κ3) is 4.10. The highest BCUT2D eigenvalue weighted by Gasteiger charge is 2.32. The highest BCUT2D eigenvalue weighted by Crippen LogP contribution is 2.35. The van der Waals surface area contributed by atoms with Crippen LogP contribution >= 0.6 is 11.3 Å². The number of carboxylic acids is 1. The number of carboxylic acid groups (broad SMARTS) is 1. The monoisotopic (exact) mass is 364 g/mol. The van der Waals surface area contributed by atoms with Crippen LogP contribution in [0.4, 0.5) is 5.00 Å².